The van der Waals surface area contributed by atoms with Gasteiger partial charge in [-0.25, -0.2) is 0 Å². The van der Waals surface area contributed by atoms with Gasteiger partial charge in [0.05, 0.1) is 13.2 Å². The first kappa shape index (κ1) is 18.5. The fourth-order valence-electron chi connectivity index (χ4n) is 3.33. The number of fused-ring (bicyclic) bond motifs is 1. The number of hydrogen-bond donors (Lipinski definition) is 0. The zero-order valence-corrected chi connectivity index (χ0v) is 15.7. The standard InChI is InChI=1S/C20H28N2O4/c1-15(2)13-19(23)21-7-3-8-22(10-9-21)20(24)16-5-6-17-18(14-16)26-12-4-11-25-17/h5-6,14-15H,3-4,7-13H2,1-2H3. The number of rotatable bonds is 3. The first-order valence-corrected chi connectivity index (χ1v) is 9.51. The first-order valence-electron chi connectivity index (χ1n) is 9.51. The van der Waals surface area contributed by atoms with Gasteiger partial charge in [-0.15, -0.1) is 0 Å². The van der Waals surface area contributed by atoms with Gasteiger partial charge in [0.2, 0.25) is 5.91 Å². The Labute approximate surface area is 155 Å². The maximum Gasteiger partial charge on any atom is 0.254 e. The van der Waals surface area contributed by atoms with E-state index in [9.17, 15) is 9.59 Å². The molecule has 0 spiro atoms. The lowest BCUT2D eigenvalue weighted by atomic mass is 10.1. The van der Waals surface area contributed by atoms with Gasteiger partial charge in [0, 0.05) is 44.6 Å². The lowest BCUT2D eigenvalue weighted by Crippen LogP contribution is -2.37. The van der Waals surface area contributed by atoms with Crippen molar-refractivity contribution in [3.05, 3.63) is 23.8 Å². The Hall–Kier alpha value is -2.24. The van der Waals surface area contributed by atoms with Crippen LogP contribution in [0.2, 0.25) is 0 Å². The van der Waals surface area contributed by atoms with Crippen LogP contribution in [0.15, 0.2) is 18.2 Å². The fraction of sp³-hybridized carbons (Fsp3) is 0.600. The van der Waals surface area contributed by atoms with E-state index < -0.39 is 0 Å². The Morgan fingerprint density at radius 2 is 1.65 bits per heavy atom. The van der Waals surface area contributed by atoms with Crippen molar-refractivity contribution < 1.29 is 19.1 Å². The van der Waals surface area contributed by atoms with Gasteiger partial charge in [-0.3, -0.25) is 9.59 Å². The van der Waals surface area contributed by atoms with E-state index in [1.165, 1.54) is 0 Å². The Morgan fingerprint density at radius 1 is 0.962 bits per heavy atom. The van der Waals surface area contributed by atoms with Crippen molar-refractivity contribution in [3.63, 3.8) is 0 Å². The third-order valence-corrected chi connectivity index (χ3v) is 4.71. The van der Waals surface area contributed by atoms with Gasteiger partial charge in [-0.2, -0.15) is 0 Å². The first-order chi connectivity index (χ1) is 12.5. The molecule has 2 aliphatic rings. The zero-order chi connectivity index (χ0) is 18.5. The number of nitrogens with zero attached hydrogens (tertiary/aromatic N) is 2. The molecule has 0 unspecified atom stereocenters. The van der Waals surface area contributed by atoms with Crippen molar-refractivity contribution in [2.24, 2.45) is 5.92 Å². The van der Waals surface area contributed by atoms with Crippen LogP contribution in [-0.2, 0) is 4.79 Å². The molecule has 0 aromatic heterocycles. The van der Waals surface area contributed by atoms with E-state index in [-0.39, 0.29) is 11.8 Å². The monoisotopic (exact) mass is 360 g/mol. The largest absolute Gasteiger partial charge is 0.490 e. The van der Waals surface area contributed by atoms with E-state index in [2.05, 4.69) is 13.8 Å². The summed E-state index contributed by atoms with van der Waals surface area (Å²) in [5, 5.41) is 0. The summed E-state index contributed by atoms with van der Waals surface area (Å²) in [6.45, 7) is 7.88. The molecule has 26 heavy (non-hydrogen) atoms. The van der Waals surface area contributed by atoms with Crippen molar-refractivity contribution in [1.29, 1.82) is 0 Å². The van der Waals surface area contributed by atoms with E-state index >= 15 is 0 Å². The SMILES string of the molecule is CC(C)CC(=O)N1CCCN(C(=O)c2ccc3c(c2)OCCCO3)CC1. The highest BCUT2D eigenvalue weighted by atomic mass is 16.5. The second-order valence-electron chi connectivity index (χ2n) is 7.34. The minimum atomic E-state index is -0.0150. The molecule has 0 radical (unpaired) electrons. The molecule has 3 rings (SSSR count). The van der Waals surface area contributed by atoms with Crippen molar-refractivity contribution in [2.75, 3.05) is 39.4 Å². The molecule has 6 nitrogen and oxygen atoms in total. The van der Waals surface area contributed by atoms with Gasteiger partial charge in [0.15, 0.2) is 11.5 Å². The van der Waals surface area contributed by atoms with Crippen molar-refractivity contribution in [1.82, 2.24) is 9.80 Å². The number of ether oxygens (including phenoxy) is 2. The Balaban J connectivity index is 1.65. The Bertz CT molecular complexity index is 659. The van der Waals surface area contributed by atoms with Crippen LogP contribution in [0.1, 0.15) is 43.5 Å². The smallest absolute Gasteiger partial charge is 0.254 e. The van der Waals surface area contributed by atoms with E-state index in [4.69, 9.17) is 9.47 Å². The molecular formula is C20H28N2O4. The molecule has 0 atom stereocenters. The van der Waals surface area contributed by atoms with E-state index in [1.807, 2.05) is 15.9 Å². The lowest BCUT2D eigenvalue weighted by molar-refractivity contribution is -0.131. The molecular weight excluding hydrogens is 332 g/mol. The predicted octanol–water partition coefficient (Wildman–Crippen LogP) is 2.57. The molecule has 1 saturated heterocycles. The quantitative estimate of drug-likeness (QED) is 0.831. The van der Waals surface area contributed by atoms with Crippen LogP contribution < -0.4 is 9.47 Å². The summed E-state index contributed by atoms with van der Waals surface area (Å²) < 4.78 is 11.3. The highest BCUT2D eigenvalue weighted by Crippen LogP contribution is 2.30. The molecule has 1 aromatic carbocycles. The summed E-state index contributed by atoms with van der Waals surface area (Å²) in [7, 11) is 0. The van der Waals surface area contributed by atoms with Crippen LogP contribution in [0.25, 0.3) is 0 Å². The third-order valence-electron chi connectivity index (χ3n) is 4.71. The minimum Gasteiger partial charge on any atom is -0.490 e. The molecule has 0 aliphatic carbocycles. The number of benzene rings is 1. The van der Waals surface area contributed by atoms with Crippen molar-refractivity contribution in [2.45, 2.75) is 33.1 Å². The minimum absolute atomic E-state index is 0.0150. The Kier molecular flexibility index (Phi) is 6.01. The van der Waals surface area contributed by atoms with Gasteiger partial charge >= 0.3 is 0 Å². The van der Waals surface area contributed by atoms with Gasteiger partial charge in [-0.1, -0.05) is 13.8 Å². The molecule has 2 amide bonds. The highest BCUT2D eigenvalue weighted by molar-refractivity contribution is 5.95. The molecule has 2 aliphatic heterocycles. The maximum absolute atomic E-state index is 12.9. The zero-order valence-electron chi connectivity index (χ0n) is 15.7. The maximum atomic E-state index is 12.9. The second-order valence-corrected chi connectivity index (χ2v) is 7.34. The second kappa shape index (κ2) is 8.43. The number of hydrogen-bond acceptors (Lipinski definition) is 4. The van der Waals surface area contributed by atoms with Crippen molar-refractivity contribution in [3.8, 4) is 11.5 Å². The molecule has 2 heterocycles. The van der Waals surface area contributed by atoms with Gasteiger partial charge < -0.3 is 19.3 Å². The summed E-state index contributed by atoms with van der Waals surface area (Å²) in [5.74, 6) is 1.85. The summed E-state index contributed by atoms with van der Waals surface area (Å²) in [6.07, 6.45) is 2.21. The lowest BCUT2D eigenvalue weighted by Gasteiger charge is -2.23. The molecule has 1 aromatic rings. The summed E-state index contributed by atoms with van der Waals surface area (Å²) in [6, 6.07) is 5.38. The normalized spacial score (nSPS) is 17.7. The summed E-state index contributed by atoms with van der Waals surface area (Å²) in [4.78, 5) is 28.9. The molecule has 0 saturated carbocycles. The summed E-state index contributed by atoms with van der Waals surface area (Å²) in [5.41, 5.74) is 0.608. The van der Waals surface area contributed by atoms with Crippen LogP contribution in [0.4, 0.5) is 0 Å². The van der Waals surface area contributed by atoms with Crippen LogP contribution in [0.3, 0.4) is 0 Å². The van der Waals surface area contributed by atoms with Gasteiger partial charge in [0.25, 0.3) is 5.91 Å². The third kappa shape index (κ3) is 4.48. The van der Waals surface area contributed by atoms with E-state index in [0.29, 0.717) is 62.2 Å². The van der Waals surface area contributed by atoms with E-state index in [1.54, 1.807) is 12.1 Å². The molecule has 0 N–H and O–H groups in total. The predicted molar refractivity (Wildman–Crippen MR) is 98.6 cm³/mol. The highest BCUT2D eigenvalue weighted by Gasteiger charge is 2.24. The summed E-state index contributed by atoms with van der Waals surface area (Å²) >= 11 is 0. The fourth-order valence-corrected chi connectivity index (χ4v) is 3.33. The Morgan fingerprint density at radius 3 is 2.42 bits per heavy atom. The molecule has 142 valence electrons. The molecule has 0 bridgehead atoms. The van der Waals surface area contributed by atoms with Crippen LogP contribution >= 0.6 is 0 Å². The number of carbonyl (C=O) groups excluding carboxylic acids is 2. The topological polar surface area (TPSA) is 59.1 Å². The van der Waals surface area contributed by atoms with Gasteiger partial charge in [0.1, 0.15) is 0 Å². The number of carbonyl (C=O) groups is 2. The van der Waals surface area contributed by atoms with Crippen LogP contribution in [0, 0.1) is 5.92 Å². The van der Waals surface area contributed by atoms with Gasteiger partial charge in [-0.05, 0) is 30.5 Å². The van der Waals surface area contributed by atoms with Crippen LogP contribution in [-0.4, -0.2) is 61.0 Å². The van der Waals surface area contributed by atoms with E-state index in [0.717, 1.165) is 19.4 Å². The molecule has 1 fully saturated rings. The average molecular weight is 360 g/mol. The van der Waals surface area contributed by atoms with Crippen molar-refractivity contribution >= 4 is 11.8 Å². The number of amides is 2. The molecule has 6 heteroatoms. The van der Waals surface area contributed by atoms with Crippen LogP contribution in [0.5, 0.6) is 11.5 Å². The average Bonchev–Trinajstić information content (AvgIpc) is 3.00.